The summed E-state index contributed by atoms with van der Waals surface area (Å²) in [6, 6.07) is -36.7. The zero-order chi connectivity index (χ0) is 87.0. The van der Waals surface area contributed by atoms with Gasteiger partial charge in [-0.15, -0.1) is 0 Å². The monoisotopic (exact) mass is 1630 g/mol. The van der Waals surface area contributed by atoms with Crippen molar-refractivity contribution in [1.29, 1.82) is 0 Å². The molecular formula is C56H82N16O41. The molecule has 632 valence electrons. The second-order valence-corrected chi connectivity index (χ2v) is 23.1. The number of carbonyl (C=O) groups is 24. The molecule has 57 heteroatoms. The molecule has 0 aliphatic rings. The Balaban J connectivity index is 6.58. The van der Waals surface area contributed by atoms with Gasteiger partial charge in [0.1, 0.15) is 90.6 Å². The molecule has 0 aromatic heterocycles. The summed E-state index contributed by atoms with van der Waals surface area (Å²) >= 11 is 0. The number of hydrogen-bond acceptors (Lipinski definition) is 33. The highest BCUT2D eigenvalue weighted by molar-refractivity contribution is 6.03. The summed E-state index contributed by atoms with van der Waals surface area (Å²) in [7, 11) is 0. The fraction of sp³-hybridized carbons (Fsp3) is 0.571. The van der Waals surface area contributed by atoms with Gasteiger partial charge >= 0.3 is 53.7 Å². The molecule has 0 heterocycles. The van der Waals surface area contributed by atoms with Crippen molar-refractivity contribution in [3.8, 4) is 0 Å². The first-order valence-electron chi connectivity index (χ1n) is 31.8. The van der Waals surface area contributed by atoms with Gasteiger partial charge in [0.25, 0.3) is 0 Å². The lowest BCUT2D eigenvalue weighted by Crippen LogP contribution is -2.62. The molecule has 0 aromatic rings. The molecule has 0 radical (unpaired) electrons. The van der Waals surface area contributed by atoms with E-state index in [2.05, 4.69) is 0 Å². The van der Waals surface area contributed by atoms with Crippen molar-refractivity contribution in [3.63, 3.8) is 0 Å². The number of hydrogen-bond donors (Lipinski definition) is 33. The van der Waals surface area contributed by atoms with E-state index < -0.39 is 343 Å². The summed E-state index contributed by atoms with van der Waals surface area (Å²) in [5.41, 5.74) is 5.41. The second-order valence-electron chi connectivity index (χ2n) is 23.1. The Labute approximate surface area is 629 Å². The van der Waals surface area contributed by atoms with Gasteiger partial charge < -0.3 is 172 Å². The molecule has 113 heavy (non-hydrogen) atoms. The minimum atomic E-state index is -2.48. The van der Waals surface area contributed by atoms with Crippen molar-refractivity contribution in [2.24, 2.45) is 5.73 Å². The second kappa shape index (κ2) is 49.9. The van der Waals surface area contributed by atoms with Crippen LogP contribution in [0.5, 0.6) is 0 Å². The van der Waals surface area contributed by atoms with Crippen molar-refractivity contribution in [1.82, 2.24) is 79.8 Å². The fourth-order valence-corrected chi connectivity index (χ4v) is 8.60. The zero-order valence-corrected chi connectivity index (χ0v) is 58.0. The molecule has 0 aromatic carbocycles. The number of aliphatic hydroxyl groups excluding tert-OH is 8. The van der Waals surface area contributed by atoms with Crippen LogP contribution in [0.2, 0.25) is 0 Å². The van der Waals surface area contributed by atoms with Crippen molar-refractivity contribution >= 4 is 142 Å². The van der Waals surface area contributed by atoms with E-state index in [1.807, 2.05) is 5.32 Å². The molecule has 34 N–H and O–H groups in total. The van der Waals surface area contributed by atoms with Gasteiger partial charge in [-0.25, -0.2) is 4.79 Å². The number of rotatable bonds is 55. The first kappa shape index (κ1) is 99.9. The van der Waals surface area contributed by atoms with Gasteiger partial charge in [0.05, 0.1) is 110 Å². The lowest BCUT2D eigenvalue weighted by atomic mass is 10.1. The van der Waals surface area contributed by atoms with Gasteiger partial charge in [0.15, 0.2) is 0 Å². The highest BCUT2D eigenvalue weighted by Gasteiger charge is 2.40. The number of aliphatic carboxylic acids is 9. The van der Waals surface area contributed by atoms with Crippen molar-refractivity contribution in [2.45, 2.75) is 148 Å². The topological polar surface area (TPSA) is 960 Å². The lowest BCUT2D eigenvalue weighted by molar-refractivity contribution is -0.145. The summed E-state index contributed by atoms with van der Waals surface area (Å²) in [6.07, 6.45) is -11.0. The van der Waals surface area contributed by atoms with Crippen molar-refractivity contribution in [2.75, 3.05) is 52.9 Å². The average molecular weight is 1640 g/mol. The third kappa shape index (κ3) is 36.8. The summed E-state index contributed by atoms with van der Waals surface area (Å²) in [6.45, 7) is -11.6. The summed E-state index contributed by atoms with van der Waals surface area (Å²) in [5, 5.41) is 190. The van der Waals surface area contributed by atoms with Gasteiger partial charge in [-0.05, 0) is 0 Å². The number of carboxylic acids is 9. The molecule has 0 rings (SSSR count). The van der Waals surface area contributed by atoms with Gasteiger partial charge in [-0.3, -0.25) is 110 Å². The molecule has 0 bridgehead atoms. The molecule has 0 saturated heterocycles. The number of aliphatic hydroxyl groups is 8. The van der Waals surface area contributed by atoms with Crippen LogP contribution in [0.15, 0.2) is 0 Å². The number of carbonyl (C=O) groups excluding carboxylic acids is 15. The van der Waals surface area contributed by atoms with Gasteiger partial charge in [-0.1, -0.05) is 0 Å². The minimum absolute atomic E-state index is 0.974. The zero-order valence-electron chi connectivity index (χ0n) is 58.0. The molecule has 0 unspecified atom stereocenters. The Kier molecular flexibility index (Phi) is 44.1. The van der Waals surface area contributed by atoms with Crippen LogP contribution in [0, 0.1) is 0 Å². The number of nitrogens with one attached hydrogen (secondary N) is 15. The van der Waals surface area contributed by atoms with E-state index in [4.69, 9.17) is 15.9 Å². The Morgan fingerprint density at radius 3 is 0.389 bits per heavy atom. The molecule has 0 fully saturated rings. The largest absolute Gasteiger partial charge is 0.481 e. The van der Waals surface area contributed by atoms with E-state index in [0.29, 0.717) is 0 Å². The standard InChI is InChI=1S/C56H82N16O41/c57-17(1-33(81)82)41(97)65-25(9-73)49(105)58-18(2-34(83)84)42(98)66-26(10-74)50(106)59-19(3-35(85)86)43(99)67-27(11-75)51(107)60-20(4-36(87)88)44(100)68-28(12-76)52(108)61-21(5-37(89)90)45(101)69-29(13-77)53(109)62-22(6-38(91)92)46(102)70-30(14-78)54(110)63-23(7-39(93)94)47(103)71-31(15-79)55(111)64-24(8-40(95)96)48(104)72-32(16-80)56(112)113/h17-32,73-80H,1-16,57H2,(H,58,105)(H,59,106)(H,60,107)(H,61,108)(H,62,109)(H,63,110)(H,64,111)(H,65,97)(H,66,98)(H,67,99)(H,68,100)(H,69,101)(H,70,102)(H,71,103)(H,72,104)(H,81,82)(H,83,84)(H,85,86)(H,87,88)(H,89,90)(H,91,92)(H,93,94)(H,95,96)(H,112,113)/t17-,18-,19-,20-,21-,22-,23-,24-,25-,26-,27-,28-,29-,30-,31-,32-/m0/s1. The quantitative estimate of drug-likeness (QED) is 0.0269. The average Bonchev–Trinajstić information content (AvgIpc) is 0.861. The molecule has 0 aliphatic heterocycles. The van der Waals surface area contributed by atoms with Crippen LogP contribution in [0.1, 0.15) is 51.4 Å². The number of nitrogens with two attached hydrogens (primary N) is 1. The Morgan fingerprint density at radius 1 is 0.168 bits per heavy atom. The maximum Gasteiger partial charge on any atom is 0.328 e. The van der Waals surface area contributed by atoms with E-state index in [-0.39, 0.29) is 0 Å². The van der Waals surface area contributed by atoms with E-state index in [9.17, 15) is 192 Å². The molecule has 16 atom stereocenters. The van der Waals surface area contributed by atoms with Crippen LogP contribution in [0.4, 0.5) is 0 Å². The van der Waals surface area contributed by atoms with Gasteiger partial charge in [-0.2, -0.15) is 0 Å². The number of amides is 15. The Hall–Kier alpha value is -13.1. The van der Waals surface area contributed by atoms with E-state index in [1.165, 1.54) is 0 Å². The summed E-state index contributed by atoms with van der Waals surface area (Å²) in [5.74, 6) is -41.8. The predicted octanol–water partition coefficient (Wildman–Crippen LogP) is -20.6. The van der Waals surface area contributed by atoms with Crippen molar-refractivity contribution in [3.05, 3.63) is 0 Å². The maximum absolute atomic E-state index is 13.5. The van der Waals surface area contributed by atoms with Gasteiger partial charge in [0, 0.05) is 0 Å². The summed E-state index contributed by atoms with van der Waals surface area (Å²) < 4.78 is 0. The summed E-state index contributed by atoms with van der Waals surface area (Å²) in [4.78, 5) is 303. The third-order valence-corrected chi connectivity index (χ3v) is 14.3. The van der Waals surface area contributed by atoms with E-state index >= 15 is 0 Å². The molecule has 15 amide bonds. The van der Waals surface area contributed by atoms with E-state index in [0.717, 1.165) is 0 Å². The first-order chi connectivity index (χ1) is 52.7. The Morgan fingerprint density at radius 2 is 0.274 bits per heavy atom. The van der Waals surface area contributed by atoms with Crippen LogP contribution in [0.25, 0.3) is 0 Å². The first-order valence-corrected chi connectivity index (χ1v) is 31.8. The van der Waals surface area contributed by atoms with Gasteiger partial charge in [0.2, 0.25) is 88.6 Å². The smallest absolute Gasteiger partial charge is 0.328 e. The SMILES string of the molecule is N[C@@H](CC(=O)O)C(=O)N[C@@H](CO)C(=O)N[C@@H](CC(=O)O)C(=O)N[C@@H](CO)C(=O)N[C@@H](CC(=O)O)C(=O)N[C@@H](CO)C(=O)N[C@@H](CC(=O)O)C(=O)N[C@@H](CO)C(=O)N[C@@H](CC(=O)O)C(=O)N[C@@H](CO)C(=O)N[C@@H](CC(=O)O)C(=O)N[C@@H](CO)C(=O)N[C@@H](CC(=O)O)C(=O)N[C@@H](CO)C(=O)N[C@@H](CC(=O)O)C(=O)N[C@@H](CO)C(=O)O. The molecule has 57 nitrogen and oxygen atoms in total. The molecular weight excluding hydrogens is 1550 g/mol. The molecule has 0 aliphatic carbocycles. The maximum atomic E-state index is 13.5. The third-order valence-electron chi connectivity index (χ3n) is 14.3. The van der Waals surface area contributed by atoms with Crippen molar-refractivity contribution < 1.29 is 202 Å². The lowest BCUT2D eigenvalue weighted by Gasteiger charge is -2.27. The predicted molar refractivity (Wildman–Crippen MR) is 349 cm³/mol. The van der Waals surface area contributed by atoms with Crippen LogP contribution >= 0.6 is 0 Å². The highest BCUT2D eigenvalue weighted by atomic mass is 16.4. The van der Waals surface area contributed by atoms with E-state index in [1.54, 1.807) is 74.4 Å². The fourth-order valence-electron chi connectivity index (χ4n) is 8.60. The molecule has 0 spiro atoms. The molecule has 0 saturated carbocycles. The van der Waals surface area contributed by atoms with Crippen LogP contribution in [0.3, 0.4) is 0 Å². The van der Waals surface area contributed by atoms with Crippen LogP contribution < -0.4 is 85.5 Å². The highest BCUT2D eigenvalue weighted by Crippen LogP contribution is 2.08. The minimum Gasteiger partial charge on any atom is -0.481 e. The normalized spacial score (nSPS) is 15.1. The van der Waals surface area contributed by atoms with Crippen LogP contribution in [-0.4, -0.2) is 379 Å². The number of carboxylic acid groups (broad SMARTS) is 9. The Bertz CT molecular complexity index is 3550. The van der Waals surface area contributed by atoms with Crippen LogP contribution in [-0.2, 0) is 115 Å².